The van der Waals surface area contributed by atoms with Crippen LogP contribution >= 0.6 is 0 Å². The lowest BCUT2D eigenvalue weighted by Gasteiger charge is -2.32. The third-order valence-electron chi connectivity index (χ3n) is 6.20. The van der Waals surface area contributed by atoms with Crippen LogP contribution in [0.25, 0.3) is 0 Å². The van der Waals surface area contributed by atoms with Crippen molar-refractivity contribution in [3.05, 3.63) is 34.9 Å². The van der Waals surface area contributed by atoms with Crippen LogP contribution < -0.4 is 5.32 Å². The fourth-order valence-electron chi connectivity index (χ4n) is 4.67. The minimum atomic E-state index is -0.210. The topological polar surface area (TPSA) is 69.7 Å². The van der Waals surface area contributed by atoms with Crippen molar-refractivity contribution in [2.75, 3.05) is 32.7 Å². The Hall–Kier alpha value is -2.37. The Bertz CT molecular complexity index is 772. The Morgan fingerprint density at radius 1 is 0.967 bits per heavy atom. The minimum Gasteiger partial charge on any atom is -0.355 e. The molecule has 0 bridgehead atoms. The minimum absolute atomic E-state index is 0.00584. The summed E-state index contributed by atoms with van der Waals surface area (Å²) in [5.41, 5.74) is 2.82. The molecule has 6 nitrogen and oxygen atoms in total. The van der Waals surface area contributed by atoms with Gasteiger partial charge in [0.05, 0.1) is 5.92 Å². The molecule has 3 rings (SSSR count). The Morgan fingerprint density at radius 3 is 2.33 bits per heavy atom. The van der Waals surface area contributed by atoms with E-state index in [1.54, 1.807) is 4.90 Å². The smallest absolute Gasteiger partial charge is 0.253 e. The van der Waals surface area contributed by atoms with E-state index in [2.05, 4.69) is 18.3 Å². The first-order chi connectivity index (χ1) is 14.3. The summed E-state index contributed by atoms with van der Waals surface area (Å²) >= 11 is 0. The maximum absolute atomic E-state index is 12.9. The van der Waals surface area contributed by atoms with Crippen LogP contribution in [0.4, 0.5) is 0 Å². The zero-order valence-electron chi connectivity index (χ0n) is 18.6. The number of aryl methyl sites for hydroxylation is 2. The van der Waals surface area contributed by atoms with Gasteiger partial charge in [0.25, 0.3) is 5.91 Å². The van der Waals surface area contributed by atoms with Gasteiger partial charge in [0.15, 0.2) is 0 Å². The van der Waals surface area contributed by atoms with E-state index in [0.29, 0.717) is 37.5 Å². The number of carbonyl (C=O) groups excluding carboxylic acids is 3. The standard InChI is InChI=1S/C24H35N3O3/c1-17-6-4-10-26(15-17)22(28)8-9-25-23(29)20-7-5-11-27(16-20)24(30)21-13-18(2)12-19(3)14-21/h12-14,17,20H,4-11,15-16H2,1-3H3,(H,25,29). The second-order valence-corrected chi connectivity index (χ2v) is 9.09. The summed E-state index contributed by atoms with van der Waals surface area (Å²) in [4.78, 5) is 41.7. The number of hydrogen-bond acceptors (Lipinski definition) is 3. The molecule has 2 heterocycles. The summed E-state index contributed by atoms with van der Waals surface area (Å²) in [5, 5.41) is 2.93. The third-order valence-corrected chi connectivity index (χ3v) is 6.20. The van der Waals surface area contributed by atoms with Crippen LogP contribution in [0, 0.1) is 25.7 Å². The average molecular weight is 414 g/mol. The molecule has 0 aromatic heterocycles. The summed E-state index contributed by atoms with van der Waals surface area (Å²) in [6.45, 7) is 9.29. The first kappa shape index (κ1) is 22.3. The fourth-order valence-corrected chi connectivity index (χ4v) is 4.67. The normalized spacial score (nSPS) is 22.0. The Morgan fingerprint density at radius 2 is 1.63 bits per heavy atom. The molecule has 1 aromatic rings. The van der Waals surface area contributed by atoms with Gasteiger partial charge in [-0.05, 0) is 57.6 Å². The average Bonchev–Trinajstić information content (AvgIpc) is 2.72. The number of amides is 3. The van der Waals surface area contributed by atoms with Crippen molar-refractivity contribution in [1.29, 1.82) is 0 Å². The van der Waals surface area contributed by atoms with E-state index in [1.165, 1.54) is 6.42 Å². The molecule has 2 atom stereocenters. The number of rotatable bonds is 5. The van der Waals surface area contributed by atoms with Crippen LogP contribution in [0.15, 0.2) is 18.2 Å². The van der Waals surface area contributed by atoms with Crippen molar-refractivity contribution >= 4 is 17.7 Å². The third kappa shape index (κ3) is 5.83. The second-order valence-electron chi connectivity index (χ2n) is 9.09. The van der Waals surface area contributed by atoms with Gasteiger partial charge < -0.3 is 15.1 Å². The highest BCUT2D eigenvalue weighted by molar-refractivity contribution is 5.95. The molecule has 2 saturated heterocycles. The van der Waals surface area contributed by atoms with Gasteiger partial charge in [-0.25, -0.2) is 0 Å². The Kier molecular flexibility index (Phi) is 7.51. The molecule has 2 aliphatic heterocycles. The van der Waals surface area contributed by atoms with Crippen LogP contribution in [-0.2, 0) is 9.59 Å². The second kappa shape index (κ2) is 10.1. The molecule has 30 heavy (non-hydrogen) atoms. The van der Waals surface area contributed by atoms with Gasteiger partial charge in [-0.3, -0.25) is 14.4 Å². The lowest BCUT2D eigenvalue weighted by Crippen LogP contribution is -2.46. The lowest BCUT2D eigenvalue weighted by atomic mass is 9.96. The van der Waals surface area contributed by atoms with Crippen LogP contribution in [-0.4, -0.2) is 60.2 Å². The number of hydrogen-bond donors (Lipinski definition) is 1. The van der Waals surface area contributed by atoms with Crippen molar-refractivity contribution in [1.82, 2.24) is 15.1 Å². The molecule has 0 saturated carbocycles. The van der Waals surface area contributed by atoms with E-state index in [1.807, 2.05) is 30.9 Å². The summed E-state index contributed by atoms with van der Waals surface area (Å²) in [6, 6.07) is 5.87. The Labute approximate surface area is 180 Å². The van der Waals surface area contributed by atoms with Gasteiger partial charge in [0, 0.05) is 44.7 Å². The van der Waals surface area contributed by atoms with Crippen molar-refractivity contribution in [3.63, 3.8) is 0 Å². The zero-order chi connectivity index (χ0) is 21.7. The van der Waals surface area contributed by atoms with E-state index in [0.717, 1.165) is 43.5 Å². The highest BCUT2D eigenvalue weighted by Crippen LogP contribution is 2.20. The van der Waals surface area contributed by atoms with Gasteiger partial charge >= 0.3 is 0 Å². The van der Waals surface area contributed by atoms with Crippen LogP contribution in [0.1, 0.15) is 60.5 Å². The van der Waals surface area contributed by atoms with E-state index < -0.39 is 0 Å². The summed E-state index contributed by atoms with van der Waals surface area (Å²) < 4.78 is 0. The zero-order valence-corrected chi connectivity index (χ0v) is 18.6. The summed E-state index contributed by atoms with van der Waals surface area (Å²) in [5.74, 6) is 0.414. The van der Waals surface area contributed by atoms with Crippen LogP contribution in [0.5, 0.6) is 0 Å². The molecule has 164 valence electrons. The van der Waals surface area contributed by atoms with Crippen LogP contribution in [0.3, 0.4) is 0 Å². The highest BCUT2D eigenvalue weighted by Gasteiger charge is 2.29. The maximum Gasteiger partial charge on any atom is 0.253 e. The van der Waals surface area contributed by atoms with Crippen molar-refractivity contribution < 1.29 is 14.4 Å². The maximum atomic E-state index is 12.9. The molecule has 2 fully saturated rings. The van der Waals surface area contributed by atoms with E-state index in [4.69, 9.17) is 0 Å². The first-order valence-electron chi connectivity index (χ1n) is 11.3. The lowest BCUT2D eigenvalue weighted by molar-refractivity contribution is -0.133. The quantitative estimate of drug-likeness (QED) is 0.807. The number of nitrogens with one attached hydrogen (secondary N) is 1. The predicted octanol–water partition coefficient (Wildman–Crippen LogP) is 2.92. The number of piperidine rings is 2. The first-order valence-corrected chi connectivity index (χ1v) is 11.3. The van der Waals surface area contributed by atoms with Gasteiger partial charge in [-0.15, -0.1) is 0 Å². The predicted molar refractivity (Wildman–Crippen MR) is 117 cm³/mol. The molecule has 1 N–H and O–H groups in total. The van der Waals surface area contributed by atoms with E-state index in [9.17, 15) is 14.4 Å². The number of carbonyl (C=O) groups is 3. The van der Waals surface area contributed by atoms with Crippen molar-refractivity contribution in [2.45, 2.75) is 52.9 Å². The molecule has 6 heteroatoms. The van der Waals surface area contributed by atoms with Gasteiger partial charge in [0.2, 0.25) is 11.8 Å². The van der Waals surface area contributed by atoms with E-state index >= 15 is 0 Å². The van der Waals surface area contributed by atoms with Crippen molar-refractivity contribution in [3.8, 4) is 0 Å². The number of likely N-dealkylation sites (tertiary alicyclic amines) is 2. The van der Waals surface area contributed by atoms with Gasteiger partial charge in [0.1, 0.15) is 0 Å². The summed E-state index contributed by atoms with van der Waals surface area (Å²) in [6.07, 6.45) is 4.18. The molecule has 1 aromatic carbocycles. The van der Waals surface area contributed by atoms with Gasteiger partial charge in [-0.2, -0.15) is 0 Å². The molecule has 2 unspecified atom stereocenters. The molecule has 3 amide bonds. The molecule has 0 radical (unpaired) electrons. The van der Waals surface area contributed by atoms with Crippen molar-refractivity contribution in [2.24, 2.45) is 11.8 Å². The monoisotopic (exact) mass is 413 g/mol. The largest absolute Gasteiger partial charge is 0.355 e. The Balaban J connectivity index is 1.48. The molecule has 2 aliphatic rings. The van der Waals surface area contributed by atoms with Crippen LogP contribution in [0.2, 0.25) is 0 Å². The molecule has 0 aliphatic carbocycles. The number of benzene rings is 1. The number of nitrogens with zero attached hydrogens (tertiary/aromatic N) is 2. The fraction of sp³-hybridized carbons (Fsp3) is 0.625. The highest BCUT2D eigenvalue weighted by atomic mass is 16.2. The molecular weight excluding hydrogens is 378 g/mol. The molecule has 0 spiro atoms. The summed E-state index contributed by atoms with van der Waals surface area (Å²) in [7, 11) is 0. The SMILES string of the molecule is Cc1cc(C)cc(C(=O)N2CCCC(C(=O)NCCC(=O)N3CCCC(C)C3)C2)c1. The van der Waals surface area contributed by atoms with Gasteiger partial charge in [-0.1, -0.05) is 24.1 Å². The molecular formula is C24H35N3O3. The van der Waals surface area contributed by atoms with E-state index in [-0.39, 0.29) is 23.6 Å².